The first-order chi connectivity index (χ1) is 8.76. The molecule has 18 heavy (non-hydrogen) atoms. The summed E-state index contributed by atoms with van der Waals surface area (Å²) < 4.78 is 10.8. The number of aromatic nitrogens is 2. The van der Waals surface area contributed by atoms with Gasteiger partial charge in [0, 0.05) is 7.11 Å². The second-order valence-electron chi connectivity index (χ2n) is 5.06. The molecule has 1 aliphatic carbocycles. The van der Waals surface area contributed by atoms with E-state index in [2.05, 4.69) is 10.1 Å². The summed E-state index contributed by atoms with van der Waals surface area (Å²) in [6, 6.07) is -0.171. The lowest BCUT2D eigenvalue weighted by Gasteiger charge is -2.26. The maximum Gasteiger partial charge on any atom is 0.243 e. The van der Waals surface area contributed by atoms with Gasteiger partial charge < -0.3 is 15.0 Å². The van der Waals surface area contributed by atoms with Crippen LogP contribution >= 0.6 is 0 Å². The highest BCUT2D eigenvalue weighted by molar-refractivity contribution is 4.97. The van der Waals surface area contributed by atoms with E-state index in [9.17, 15) is 0 Å². The van der Waals surface area contributed by atoms with Gasteiger partial charge in [-0.05, 0) is 25.2 Å². The maximum atomic E-state index is 5.89. The van der Waals surface area contributed by atoms with Crippen molar-refractivity contribution in [3.63, 3.8) is 0 Å². The first-order valence-electron chi connectivity index (χ1n) is 6.88. The number of methoxy groups -OCH3 is 1. The molecule has 5 nitrogen and oxygen atoms in total. The van der Waals surface area contributed by atoms with Gasteiger partial charge in [0.25, 0.3) is 0 Å². The molecule has 0 aromatic carbocycles. The van der Waals surface area contributed by atoms with Crippen molar-refractivity contribution in [2.45, 2.75) is 57.6 Å². The van der Waals surface area contributed by atoms with E-state index in [1.54, 1.807) is 7.11 Å². The Bertz CT molecular complexity index is 361. The van der Waals surface area contributed by atoms with Crippen LogP contribution < -0.4 is 5.73 Å². The molecule has 1 aromatic heterocycles. The van der Waals surface area contributed by atoms with Gasteiger partial charge in [0.2, 0.25) is 11.7 Å². The molecule has 0 radical (unpaired) electrons. The van der Waals surface area contributed by atoms with Gasteiger partial charge in [0.15, 0.2) is 0 Å². The summed E-state index contributed by atoms with van der Waals surface area (Å²) in [4.78, 5) is 4.40. The minimum absolute atomic E-state index is 0.0492. The van der Waals surface area contributed by atoms with Crippen LogP contribution in [0.25, 0.3) is 0 Å². The second-order valence-corrected chi connectivity index (χ2v) is 5.06. The van der Waals surface area contributed by atoms with Crippen LogP contribution in [0.2, 0.25) is 0 Å². The van der Waals surface area contributed by atoms with Crippen molar-refractivity contribution in [2.24, 2.45) is 11.7 Å². The van der Waals surface area contributed by atoms with Gasteiger partial charge in [0.05, 0.1) is 6.04 Å². The third-order valence-electron chi connectivity index (χ3n) is 3.80. The minimum Gasteiger partial charge on any atom is -0.373 e. The fraction of sp³-hybridized carbons (Fsp3) is 0.846. The molecule has 1 saturated carbocycles. The van der Waals surface area contributed by atoms with Gasteiger partial charge in [-0.15, -0.1) is 0 Å². The first kappa shape index (κ1) is 13.5. The van der Waals surface area contributed by atoms with Crippen LogP contribution in [0.15, 0.2) is 4.52 Å². The lowest BCUT2D eigenvalue weighted by Crippen LogP contribution is -2.19. The monoisotopic (exact) mass is 253 g/mol. The molecule has 0 saturated heterocycles. The maximum absolute atomic E-state index is 5.89. The summed E-state index contributed by atoms with van der Waals surface area (Å²) in [5, 5.41) is 4.04. The van der Waals surface area contributed by atoms with Crippen LogP contribution in [0.5, 0.6) is 0 Å². The van der Waals surface area contributed by atoms with Crippen LogP contribution in [0.1, 0.15) is 69.3 Å². The Morgan fingerprint density at radius 1 is 1.39 bits per heavy atom. The van der Waals surface area contributed by atoms with Crippen molar-refractivity contribution in [3.05, 3.63) is 11.7 Å². The summed E-state index contributed by atoms with van der Waals surface area (Å²) in [6.07, 6.45) is 6.97. The topological polar surface area (TPSA) is 74.2 Å². The Labute approximate surface area is 108 Å². The molecule has 0 aliphatic heterocycles. The number of hydrogen-bond donors (Lipinski definition) is 1. The highest BCUT2D eigenvalue weighted by Crippen LogP contribution is 2.35. The minimum atomic E-state index is -0.171. The van der Waals surface area contributed by atoms with Crippen molar-refractivity contribution in [1.29, 1.82) is 0 Å². The van der Waals surface area contributed by atoms with Gasteiger partial charge in [-0.2, -0.15) is 4.98 Å². The van der Waals surface area contributed by atoms with Crippen LogP contribution in [0.4, 0.5) is 0 Å². The third kappa shape index (κ3) is 2.90. The predicted molar refractivity (Wildman–Crippen MR) is 67.8 cm³/mol. The molecule has 2 rings (SSSR count). The van der Waals surface area contributed by atoms with Crippen molar-refractivity contribution < 1.29 is 9.26 Å². The quantitative estimate of drug-likeness (QED) is 0.873. The van der Waals surface area contributed by atoms with Crippen molar-refractivity contribution in [2.75, 3.05) is 7.11 Å². The molecule has 2 N–H and O–H groups in total. The molecule has 1 fully saturated rings. The van der Waals surface area contributed by atoms with Gasteiger partial charge in [-0.3, -0.25) is 0 Å². The average molecular weight is 253 g/mol. The molecule has 0 amide bonds. The zero-order chi connectivity index (χ0) is 13.0. The van der Waals surface area contributed by atoms with E-state index in [1.807, 2.05) is 6.92 Å². The molecular weight excluding hydrogens is 230 g/mol. The van der Waals surface area contributed by atoms with Gasteiger partial charge in [-0.25, -0.2) is 0 Å². The zero-order valence-corrected chi connectivity index (χ0v) is 11.3. The van der Waals surface area contributed by atoms with Crippen molar-refractivity contribution in [3.8, 4) is 0 Å². The van der Waals surface area contributed by atoms with Crippen molar-refractivity contribution in [1.82, 2.24) is 10.1 Å². The van der Waals surface area contributed by atoms with Gasteiger partial charge in [-0.1, -0.05) is 31.3 Å². The molecule has 0 spiro atoms. The number of nitrogens with two attached hydrogens (primary N) is 1. The van der Waals surface area contributed by atoms with E-state index in [0.29, 0.717) is 17.6 Å². The van der Waals surface area contributed by atoms with E-state index in [0.717, 1.165) is 6.42 Å². The third-order valence-corrected chi connectivity index (χ3v) is 3.80. The summed E-state index contributed by atoms with van der Waals surface area (Å²) >= 11 is 0. The molecule has 1 aliphatic rings. The van der Waals surface area contributed by atoms with Crippen LogP contribution in [-0.2, 0) is 4.74 Å². The van der Waals surface area contributed by atoms with E-state index < -0.39 is 0 Å². The van der Waals surface area contributed by atoms with Gasteiger partial charge >= 0.3 is 0 Å². The molecule has 0 bridgehead atoms. The van der Waals surface area contributed by atoms with Gasteiger partial charge in [0.1, 0.15) is 6.10 Å². The van der Waals surface area contributed by atoms with E-state index in [1.165, 1.54) is 32.1 Å². The normalized spacial score (nSPS) is 20.8. The standard InChI is InChI=1S/C13H23N3O2/c1-3-10(14)13-15-12(16-18-13)11(17-2)9-7-5-4-6-8-9/h9-11H,3-8,14H2,1-2H3/t10-,11?/m0/s1. The molecule has 2 atom stereocenters. The summed E-state index contributed by atoms with van der Waals surface area (Å²) in [6.45, 7) is 2.00. The Morgan fingerprint density at radius 3 is 2.72 bits per heavy atom. The smallest absolute Gasteiger partial charge is 0.243 e. The lowest BCUT2D eigenvalue weighted by molar-refractivity contribution is 0.0273. The Hall–Kier alpha value is -0.940. The number of hydrogen-bond acceptors (Lipinski definition) is 5. The molecule has 1 aromatic rings. The number of ether oxygens (including phenoxy) is 1. The molecule has 1 heterocycles. The molecule has 102 valence electrons. The van der Waals surface area contributed by atoms with Crippen LogP contribution in [-0.4, -0.2) is 17.3 Å². The fourth-order valence-electron chi connectivity index (χ4n) is 2.63. The number of nitrogens with zero attached hydrogens (tertiary/aromatic N) is 2. The number of rotatable bonds is 5. The zero-order valence-electron chi connectivity index (χ0n) is 11.3. The van der Waals surface area contributed by atoms with E-state index in [4.69, 9.17) is 15.0 Å². The first-order valence-corrected chi connectivity index (χ1v) is 6.88. The highest BCUT2D eigenvalue weighted by Gasteiger charge is 2.29. The largest absolute Gasteiger partial charge is 0.373 e. The SMILES string of the molecule is CC[C@H](N)c1nc(C(OC)C2CCCCC2)no1. The summed E-state index contributed by atoms with van der Waals surface area (Å²) in [5.74, 6) is 1.68. The van der Waals surface area contributed by atoms with Crippen LogP contribution in [0, 0.1) is 5.92 Å². The van der Waals surface area contributed by atoms with Crippen LogP contribution in [0.3, 0.4) is 0 Å². The molecule has 1 unspecified atom stereocenters. The fourth-order valence-corrected chi connectivity index (χ4v) is 2.63. The lowest BCUT2D eigenvalue weighted by atomic mass is 9.85. The molecule has 5 heteroatoms. The highest BCUT2D eigenvalue weighted by atomic mass is 16.5. The summed E-state index contributed by atoms with van der Waals surface area (Å²) in [5.41, 5.74) is 5.89. The predicted octanol–water partition coefficient (Wildman–Crippen LogP) is 2.75. The second kappa shape index (κ2) is 6.29. The average Bonchev–Trinajstić information content (AvgIpc) is 2.89. The Balaban J connectivity index is 2.09. The van der Waals surface area contributed by atoms with E-state index >= 15 is 0 Å². The Kier molecular flexibility index (Phi) is 4.72. The molecular formula is C13H23N3O2. The van der Waals surface area contributed by atoms with E-state index in [-0.39, 0.29) is 12.1 Å². The summed E-state index contributed by atoms with van der Waals surface area (Å²) in [7, 11) is 1.72. The van der Waals surface area contributed by atoms with Crippen molar-refractivity contribution >= 4 is 0 Å². The Morgan fingerprint density at radius 2 is 2.11 bits per heavy atom.